The third-order valence-corrected chi connectivity index (χ3v) is 18.6. The van der Waals surface area contributed by atoms with Gasteiger partial charge in [-0.2, -0.15) is 8.75 Å². The Hall–Kier alpha value is -4.14. The number of thiophene rings is 6. The van der Waals surface area contributed by atoms with Crippen molar-refractivity contribution < 1.29 is 9.59 Å². The lowest BCUT2D eigenvalue weighted by Gasteiger charge is -2.10. The SMILES string of the molecule is CCN1C(=O)c2c(c(-c3ccc(-c4cc5c(C)c6sccc6c(C)c5s4)s3)c3nsnc3c2-c2ccc(-c3cc4c(C)c5sccc5c(C)c4s3)s2)C1=O. The molecule has 0 radical (unpaired) electrons. The van der Waals surface area contributed by atoms with Crippen molar-refractivity contribution in [1.82, 2.24) is 13.6 Å². The van der Waals surface area contributed by atoms with Crippen LogP contribution in [0.4, 0.5) is 0 Å². The number of benzene rings is 3. The van der Waals surface area contributed by atoms with E-state index in [1.54, 1.807) is 45.3 Å². The molecular formula is C42H27N3O2S7. The Kier molecular flexibility index (Phi) is 7.34. The summed E-state index contributed by atoms with van der Waals surface area (Å²) in [6.07, 6.45) is 0. The summed E-state index contributed by atoms with van der Waals surface area (Å²) in [6, 6.07) is 17.5. The third-order valence-electron chi connectivity index (χ3n) is 10.9. The van der Waals surface area contributed by atoms with Crippen molar-refractivity contribution in [3.05, 3.63) is 92.7 Å². The number of fused-ring (bicyclic) bond motifs is 6. The average molecular weight is 830 g/mol. The van der Waals surface area contributed by atoms with Gasteiger partial charge in [-0.1, -0.05) is 0 Å². The molecule has 10 aromatic rings. The van der Waals surface area contributed by atoms with Crippen LogP contribution < -0.4 is 0 Å². The molecule has 264 valence electrons. The molecule has 0 atom stereocenters. The molecule has 3 aromatic carbocycles. The van der Waals surface area contributed by atoms with E-state index in [2.05, 4.69) is 87.0 Å². The van der Waals surface area contributed by atoms with Crippen molar-refractivity contribution in [1.29, 1.82) is 0 Å². The zero-order chi connectivity index (χ0) is 36.7. The number of hydrogen-bond donors (Lipinski definition) is 0. The van der Waals surface area contributed by atoms with Crippen LogP contribution >= 0.6 is 79.7 Å². The van der Waals surface area contributed by atoms with Gasteiger partial charge < -0.3 is 0 Å². The number of carbonyl (C=O) groups is 2. The maximum atomic E-state index is 14.3. The third kappa shape index (κ3) is 4.44. The average Bonchev–Trinajstić information content (AvgIpc) is 4.01. The molecule has 5 nitrogen and oxygen atoms in total. The van der Waals surface area contributed by atoms with E-state index in [4.69, 9.17) is 8.75 Å². The van der Waals surface area contributed by atoms with Crippen LogP contribution in [-0.2, 0) is 0 Å². The summed E-state index contributed by atoms with van der Waals surface area (Å²) >= 11 is 11.7. The van der Waals surface area contributed by atoms with Gasteiger partial charge in [-0.05, 0) is 138 Å². The molecule has 0 saturated carbocycles. The van der Waals surface area contributed by atoms with E-state index in [1.807, 2.05) is 29.6 Å². The molecule has 11 rings (SSSR count). The highest BCUT2D eigenvalue weighted by Gasteiger charge is 2.42. The summed E-state index contributed by atoms with van der Waals surface area (Å²) in [5, 5.41) is 9.60. The van der Waals surface area contributed by atoms with E-state index in [1.165, 1.54) is 77.3 Å². The smallest absolute Gasteiger partial charge is 0.262 e. The van der Waals surface area contributed by atoms with Gasteiger partial charge in [0.1, 0.15) is 11.0 Å². The van der Waals surface area contributed by atoms with Crippen molar-refractivity contribution in [2.75, 3.05) is 6.54 Å². The maximum absolute atomic E-state index is 14.3. The molecule has 2 amide bonds. The van der Waals surface area contributed by atoms with Crippen LogP contribution in [0.2, 0.25) is 0 Å². The lowest BCUT2D eigenvalue weighted by molar-refractivity contribution is 0.0663. The maximum Gasteiger partial charge on any atom is 0.262 e. The molecule has 0 spiro atoms. The van der Waals surface area contributed by atoms with Crippen molar-refractivity contribution in [2.24, 2.45) is 0 Å². The van der Waals surface area contributed by atoms with Crippen LogP contribution in [0.15, 0.2) is 59.3 Å². The molecule has 12 heteroatoms. The summed E-state index contributed by atoms with van der Waals surface area (Å²) in [7, 11) is 0. The molecule has 0 fully saturated rings. The molecule has 7 aromatic heterocycles. The quantitative estimate of drug-likeness (QED) is 0.162. The zero-order valence-electron chi connectivity index (χ0n) is 29.5. The largest absolute Gasteiger partial charge is 0.275 e. The Morgan fingerprint density at radius 1 is 0.500 bits per heavy atom. The molecule has 1 aliphatic heterocycles. The first-order valence-electron chi connectivity index (χ1n) is 17.4. The minimum Gasteiger partial charge on any atom is -0.275 e. The van der Waals surface area contributed by atoms with Gasteiger partial charge in [-0.15, -0.1) is 68.0 Å². The van der Waals surface area contributed by atoms with E-state index >= 15 is 0 Å². The second-order valence-corrected chi connectivity index (χ2v) is 20.3. The lowest BCUT2D eigenvalue weighted by Crippen LogP contribution is -2.29. The van der Waals surface area contributed by atoms with Gasteiger partial charge >= 0.3 is 0 Å². The summed E-state index contributed by atoms with van der Waals surface area (Å²) < 4.78 is 15.0. The lowest BCUT2D eigenvalue weighted by atomic mass is 9.93. The highest BCUT2D eigenvalue weighted by atomic mass is 32.1. The molecule has 0 aliphatic carbocycles. The Balaban J connectivity index is 1.07. The van der Waals surface area contributed by atoms with Crippen LogP contribution in [0, 0.1) is 27.7 Å². The van der Waals surface area contributed by atoms with Gasteiger partial charge in [0.2, 0.25) is 0 Å². The number of hydrogen-bond acceptors (Lipinski definition) is 11. The Morgan fingerprint density at radius 2 is 0.926 bits per heavy atom. The fraction of sp³-hybridized carbons (Fsp3) is 0.143. The van der Waals surface area contributed by atoms with Gasteiger partial charge in [0, 0.05) is 65.7 Å². The number of imide groups is 1. The zero-order valence-corrected chi connectivity index (χ0v) is 35.2. The van der Waals surface area contributed by atoms with Crippen molar-refractivity contribution in [3.63, 3.8) is 0 Å². The minimum absolute atomic E-state index is 0.265. The number of nitrogens with zero attached hydrogens (tertiary/aromatic N) is 3. The topological polar surface area (TPSA) is 63.2 Å². The van der Waals surface area contributed by atoms with Crippen LogP contribution in [0.3, 0.4) is 0 Å². The second kappa shape index (κ2) is 11.9. The first-order valence-corrected chi connectivity index (χ1v) is 23.2. The molecule has 8 heterocycles. The van der Waals surface area contributed by atoms with Crippen LogP contribution in [0.25, 0.3) is 91.8 Å². The van der Waals surface area contributed by atoms with E-state index in [9.17, 15) is 9.59 Å². The van der Waals surface area contributed by atoms with Gasteiger partial charge in [0.05, 0.1) is 22.9 Å². The normalized spacial score (nSPS) is 13.4. The Morgan fingerprint density at radius 3 is 1.37 bits per heavy atom. The monoisotopic (exact) mass is 829 g/mol. The molecule has 1 aliphatic rings. The van der Waals surface area contributed by atoms with Crippen LogP contribution in [0.5, 0.6) is 0 Å². The highest BCUT2D eigenvalue weighted by Crippen LogP contribution is 2.52. The van der Waals surface area contributed by atoms with Crippen LogP contribution in [-0.4, -0.2) is 32.0 Å². The van der Waals surface area contributed by atoms with Crippen molar-refractivity contribution in [2.45, 2.75) is 34.6 Å². The number of amides is 2. The van der Waals surface area contributed by atoms with Gasteiger partial charge in [-0.25, -0.2) is 0 Å². The number of carbonyl (C=O) groups excluding carboxylic acids is 2. The first-order chi connectivity index (χ1) is 26.2. The van der Waals surface area contributed by atoms with Crippen LogP contribution in [0.1, 0.15) is 49.9 Å². The Labute approximate surface area is 337 Å². The predicted octanol–water partition coefficient (Wildman–Crippen LogP) is 14.2. The first kappa shape index (κ1) is 33.2. The molecule has 0 bridgehead atoms. The molecular weight excluding hydrogens is 803 g/mol. The predicted molar refractivity (Wildman–Crippen MR) is 236 cm³/mol. The molecule has 0 saturated heterocycles. The molecule has 0 unspecified atom stereocenters. The fourth-order valence-corrected chi connectivity index (χ4v) is 15.4. The summed E-state index contributed by atoms with van der Waals surface area (Å²) in [4.78, 5) is 36.4. The standard InChI is InChI=1S/C42H27N3O2S7/c1-6-45-41(46)33-31(27-9-7-25(50-27)29-15-23-19(4)37-21(11-13-48-37)17(2)39(23)52-29)35-36(44-54-43-35)32(34(33)42(45)47)28-10-8-26(51-28)30-16-24-20(5)38-22(12-14-49-38)18(3)40(24)53-30/h7-16H,6H2,1-5H3. The second-order valence-electron chi connectivity index (χ2n) is 13.7. The highest BCUT2D eigenvalue weighted by molar-refractivity contribution is 7.28. The fourth-order valence-electron chi connectivity index (χ4n) is 8.19. The van der Waals surface area contributed by atoms with Gasteiger partial charge in [-0.3, -0.25) is 14.5 Å². The number of rotatable bonds is 5. The minimum atomic E-state index is -0.265. The van der Waals surface area contributed by atoms with E-state index in [0.717, 1.165) is 31.2 Å². The summed E-state index contributed by atoms with van der Waals surface area (Å²) in [5.41, 5.74) is 8.94. The van der Waals surface area contributed by atoms with E-state index in [-0.39, 0.29) is 11.8 Å². The van der Waals surface area contributed by atoms with Gasteiger partial charge in [0.15, 0.2) is 0 Å². The molecule has 54 heavy (non-hydrogen) atoms. The van der Waals surface area contributed by atoms with Gasteiger partial charge in [0.25, 0.3) is 11.8 Å². The van der Waals surface area contributed by atoms with E-state index in [0.29, 0.717) is 39.8 Å². The Bertz CT molecular complexity index is 2950. The number of aromatic nitrogens is 2. The summed E-state index contributed by atoms with van der Waals surface area (Å²) in [6.45, 7) is 11.0. The molecule has 0 N–H and O–H groups in total. The number of aryl methyl sites for hydroxylation is 4. The van der Waals surface area contributed by atoms with Crippen molar-refractivity contribution in [3.8, 4) is 40.4 Å². The summed E-state index contributed by atoms with van der Waals surface area (Å²) in [5.74, 6) is -0.530. The van der Waals surface area contributed by atoms with E-state index < -0.39 is 0 Å². The van der Waals surface area contributed by atoms with Crippen molar-refractivity contribution >= 4 is 143 Å².